The first kappa shape index (κ1) is 40.1. The monoisotopic (exact) mass is 966 g/mol. The van der Waals surface area contributed by atoms with Crippen molar-refractivity contribution in [3.05, 3.63) is 229 Å². The number of rotatable bonds is 2. The van der Waals surface area contributed by atoms with Gasteiger partial charge >= 0.3 is 0 Å². The molecule has 0 saturated carbocycles. The van der Waals surface area contributed by atoms with E-state index in [1.165, 1.54) is 176 Å². The maximum Gasteiger partial charge on any atom is 0.0628 e. The molecule has 0 unspecified atom stereocenters. The summed E-state index contributed by atoms with van der Waals surface area (Å²) in [6.07, 6.45) is 0. The zero-order valence-corrected chi connectivity index (χ0v) is 42.4. The Morgan fingerprint density at radius 3 is 1.11 bits per heavy atom. The van der Waals surface area contributed by atoms with Crippen LogP contribution in [0.4, 0.5) is 0 Å². The first-order valence-electron chi connectivity index (χ1n) is 26.9. The molecule has 0 bridgehead atoms. The fraction of sp³-hybridized carbons (Fsp3) is 0.0833. The topological polar surface area (TPSA) is 18.7 Å². The summed E-state index contributed by atoms with van der Waals surface area (Å²) in [6.45, 7) is 9.56. The first-order valence-corrected chi connectivity index (χ1v) is 26.9. The van der Waals surface area contributed by atoms with Crippen LogP contribution in [-0.2, 0) is 10.8 Å². The Kier molecular flexibility index (Phi) is 6.91. The molecule has 76 heavy (non-hydrogen) atoms. The molecule has 11 aromatic carbocycles. The molecule has 0 N–H and O–H groups in total. The van der Waals surface area contributed by atoms with Crippen molar-refractivity contribution in [1.29, 1.82) is 0 Å². The number of para-hydroxylation sites is 4. The van der Waals surface area contributed by atoms with E-state index in [-0.39, 0.29) is 10.8 Å². The van der Waals surface area contributed by atoms with Crippen LogP contribution in [0, 0.1) is 0 Å². The van der Waals surface area contributed by atoms with Gasteiger partial charge in [0, 0.05) is 86.6 Å². The minimum Gasteiger partial charge on any atom is -0.309 e. The van der Waals surface area contributed by atoms with Crippen molar-refractivity contribution >= 4 is 120 Å². The minimum atomic E-state index is -0.122. The molecule has 4 heteroatoms. The van der Waals surface area contributed by atoms with Crippen LogP contribution in [0.1, 0.15) is 49.9 Å². The van der Waals surface area contributed by atoms with Gasteiger partial charge in [0.1, 0.15) is 0 Å². The van der Waals surface area contributed by atoms with Crippen LogP contribution in [0.5, 0.6) is 0 Å². The zero-order valence-electron chi connectivity index (χ0n) is 42.4. The molecule has 0 spiro atoms. The number of hydrogen-bond acceptors (Lipinski definition) is 0. The summed E-state index contributed by atoms with van der Waals surface area (Å²) in [6, 6.07) is 78.9. The highest BCUT2D eigenvalue weighted by molar-refractivity contribution is 6.40. The fourth-order valence-corrected chi connectivity index (χ4v) is 15.9. The van der Waals surface area contributed by atoms with E-state index in [2.05, 4.69) is 252 Å². The number of benzene rings is 11. The standard InChI is InChI=1S/C72H46N4/c1-71(2)49-25-11-5-21-41(49)63-51(71)27-17-33-57(63)73-55-31-15-9-23-43(55)65-61(73)36-45-39-19-7-13-29-53(39)75-59-38-60-48(35-47(59)67(65)69(45)75)68-66-44-24-10-16-32-56(44)74(62(66)37-46-40-20-8-14-30-54(40)76(60)70(46)68)58-34-18-28-52-64(58)42-22-6-12-26-50(42)72(52,3)4/h5-38H,1-4H3. The van der Waals surface area contributed by atoms with Gasteiger partial charge in [0.25, 0.3) is 0 Å². The summed E-state index contributed by atoms with van der Waals surface area (Å²) >= 11 is 0. The predicted octanol–water partition coefficient (Wildman–Crippen LogP) is 18.8. The number of nitrogens with zero attached hydrogens (tertiary/aromatic N) is 4. The Morgan fingerprint density at radius 1 is 0.263 bits per heavy atom. The van der Waals surface area contributed by atoms with Crippen LogP contribution in [0.15, 0.2) is 206 Å². The van der Waals surface area contributed by atoms with E-state index in [0.717, 1.165) is 0 Å². The van der Waals surface area contributed by atoms with Gasteiger partial charge in [-0.25, -0.2) is 0 Å². The van der Waals surface area contributed by atoms with E-state index >= 15 is 0 Å². The van der Waals surface area contributed by atoms with Crippen molar-refractivity contribution < 1.29 is 0 Å². The molecule has 0 fully saturated rings. The van der Waals surface area contributed by atoms with Crippen molar-refractivity contribution in [2.24, 2.45) is 0 Å². The smallest absolute Gasteiger partial charge is 0.0628 e. The van der Waals surface area contributed by atoms with Crippen LogP contribution in [0.25, 0.3) is 153 Å². The van der Waals surface area contributed by atoms with E-state index in [9.17, 15) is 0 Å². The largest absolute Gasteiger partial charge is 0.309 e. The van der Waals surface area contributed by atoms with Crippen molar-refractivity contribution in [1.82, 2.24) is 17.9 Å². The highest BCUT2D eigenvalue weighted by Crippen LogP contribution is 2.56. The fourth-order valence-electron chi connectivity index (χ4n) is 15.9. The Bertz CT molecular complexity index is 5190. The van der Waals surface area contributed by atoms with Gasteiger partial charge in [0.05, 0.1) is 66.5 Å². The molecule has 354 valence electrons. The average molecular weight is 967 g/mol. The Hall–Kier alpha value is -9.38. The zero-order chi connectivity index (χ0) is 49.8. The lowest BCUT2D eigenvalue weighted by molar-refractivity contribution is 0.660. The van der Waals surface area contributed by atoms with Gasteiger partial charge in [0.15, 0.2) is 0 Å². The first-order chi connectivity index (χ1) is 37.3. The second kappa shape index (κ2) is 13.1. The maximum atomic E-state index is 2.60. The van der Waals surface area contributed by atoms with Crippen LogP contribution in [-0.4, -0.2) is 17.9 Å². The average Bonchev–Trinajstić information content (AvgIpc) is 4.46. The normalized spacial score (nSPS) is 14.8. The minimum absolute atomic E-state index is 0.122. The summed E-state index contributed by atoms with van der Waals surface area (Å²) in [5.41, 5.74) is 25.5. The maximum absolute atomic E-state index is 2.60. The summed E-state index contributed by atoms with van der Waals surface area (Å²) in [5.74, 6) is 0. The van der Waals surface area contributed by atoms with Crippen LogP contribution in [0.2, 0.25) is 0 Å². The molecule has 2 aliphatic rings. The Labute approximate surface area is 436 Å². The van der Waals surface area contributed by atoms with E-state index in [1.807, 2.05) is 0 Å². The van der Waals surface area contributed by atoms with Gasteiger partial charge in [0.2, 0.25) is 0 Å². The molecule has 0 amide bonds. The molecule has 4 nitrogen and oxygen atoms in total. The summed E-state index contributed by atoms with van der Waals surface area (Å²) in [7, 11) is 0. The van der Waals surface area contributed by atoms with Crippen molar-refractivity contribution in [2.45, 2.75) is 38.5 Å². The highest BCUT2D eigenvalue weighted by atomic mass is 15.0. The third-order valence-corrected chi connectivity index (χ3v) is 19.0. The van der Waals surface area contributed by atoms with Gasteiger partial charge in [-0.3, -0.25) is 0 Å². The second-order valence-electron chi connectivity index (χ2n) is 23.1. The Morgan fingerprint density at radius 2 is 0.645 bits per heavy atom. The summed E-state index contributed by atoms with van der Waals surface area (Å²) in [5, 5.41) is 15.5. The van der Waals surface area contributed by atoms with E-state index < -0.39 is 0 Å². The third kappa shape index (κ3) is 4.37. The summed E-state index contributed by atoms with van der Waals surface area (Å²) < 4.78 is 10.4. The van der Waals surface area contributed by atoms with E-state index in [4.69, 9.17) is 0 Å². The lowest BCUT2D eigenvalue weighted by Gasteiger charge is -2.21. The number of aromatic nitrogens is 4. The summed E-state index contributed by atoms with van der Waals surface area (Å²) in [4.78, 5) is 0. The van der Waals surface area contributed by atoms with Gasteiger partial charge in [-0.15, -0.1) is 0 Å². The predicted molar refractivity (Wildman–Crippen MR) is 320 cm³/mol. The lowest BCUT2D eigenvalue weighted by Crippen LogP contribution is -2.14. The van der Waals surface area contributed by atoms with Crippen LogP contribution in [0.3, 0.4) is 0 Å². The molecule has 17 aromatic rings. The molecule has 0 aliphatic heterocycles. The molecule has 2 aliphatic carbocycles. The van der Waals surface area contributed by atoms with Crippen molar-refractivity contribution in [2.75, 3.05) is 0 Å². The van der Waals surface area contributed by atoms with Gasteiger partial charge in [-0.1, -0.05) is 173 Å². The SMILES string of the molecule is CC1(C)c2ccccc2-c2c(-n3c4ccccc4c4c5c6cc7c8c9c%10ccccc%10n(-c%10cccc%11c%10-c%10ccccc%10C%11(C)C)c9cc9c%10ccccc%10n(c7cc6n6c7ccccc7c(cc43)c56)c98)cccc21. The van der Waals surface area contributed by atoms with Gasteiger partial charge < -0.3 is 17.9 Å². The molecular weight excluding hydrogens is 921 g/mol. The quantitative estimate of drug-likeness (QED) is 0.164. The number of fused-ring (bicyclic) bond motifs is 26. The molecule has 6 aromatic heterocycles. The van der Waals surface area contributed by atoms with E-state index in [0.29, 0.717) is 0 Å². The highest BCUT2D eigenvalue weighted by Gasteiger charge is 2.39. The van der Waals surface area contributed by atoms with Crippen molar-refractivity contribution in [3.63, 3.8) is 0 Å². The van der Waals surface area contributed by atoms with Crippen LogP contribution < -0.4 is 0 Å². The Balaban J connectivity index is 1.01. The van der Waals surface area contributed by atoms with Crippen molar-refractivity contribution in [3.8, 4) is 33.6 Å². The third-order valence-electron chi connectivity index (χ3n) is 19.0. The van der Waals surface area contributed by atoms with Crippen LogP contribution >= 0.6 is 0 Å². The molecule has 0 saturated heterocycles. The van der Waals surface area contributed by atoms with Gasteiger partial charge in [-0.05, 0) is 94.0 Å². The molecule has 6 heterocycles. The molecular formula is C72H46N4. The second-order valence-corrected chi connectivity index (χ2v) is 23.1. The molecule has 0 atom stereocenters. The van der Waals surface area contributed by atoms with Gasteiger partial charge in [-0.2, -0.15) is 0 Å². The molecule has 19 rings (SSSR count). The van der Waals surface area contributed by atoms with E-state index in [1.54, 1.807) is 0 Å². The number of hydrogen-bond donors (Lipinski definition) is 0. The molecule has 0 radical (unpaired) electrons. The lowest BCUT2D eigenvalue weighted by atomic mass is 9.82.